The van der Waals surface area contributed by atoms with Gasteiger partial charge in [0.2, 0.25) is 0 Å². The Labute approximate surface area is 487 Å². The van der Waals surface area contributed by atoms with E-state index >= 15 is 0 Å². The van der Waals surface area contributed by atoms with E-state index in [1.807, 2.05) is 6.07 Å². The van der Waals surface area contributed by atoms with Crippen LogP contribution >= 0.6 is 0 Å². The summed E-state index contributed by atoms with van der Waals surface area (Å²) in [5.41, 5.74) is -15.3. The molecule has 73 heavy (non-hydrogen) atoms. The summed E-state index contributed by atoms with van der Waals surface area (Å²) >= 11 is 0. The molecule has 364 valence electrons. The van der Waals surface area contributed by atoms with Crippen molar-refractivity contribution < 1.29 is 72.9 Å². The Kier molecular flexibility index (Phi) is 6.05. The maximum absolute atomic E-state index is 10.3. The Morgan fingerprint density at radius 2 is 1.38 bits per heavy atom. The van der Waals surface area contributed by atoms with Gasteiger partial charge in [-0.05, 0) is 109 Å². The first-order chi connectivity index (χ1) is 47.5. The average Bonchev–Trinajstić information content (AvgIpc) is 0.715. The van der Waals surface area contributed by atoms with Crippen LogP contribution in [-0.2, 0) is 37.3 Å². The SMILES string of the molecule is [2H]c1c([2H])c([2H])c(-c2cnc(-n3c4[c-]c(Oc5[c-]c(-n6[c-][n+](-c7c(-c8c([2H])c([2H])c([2H])c(C(C)(C)C)c8[2H])cccc7-c7c([2H])c([2H])c8c(c7[2H])C(C([2H])([2H])[2H])(C([2H])([2H])[2H])C([2H])([2H])C([2H])([2H])C8(C([2H])([2H])[2H])C([2H])([2H])[2H])c7ccccc76)ccc5)ccc4c4ccccc43)cc2C([2H])([2H])[2H])c([2H])c1[2H].[Pt]. The number of nitrogens with zero attached hydrogens (tertiary/aromatic N) is 4. The fraction of sp³-hybridized carbons (Fsp3) is 0.194. The van der Waals surface area contributed by atoms with Crippen LogP contribution < -0.4 is 9.30 Å². The van der Waals surface area contributed by atoms with Gasteiger partial charge in [-0.3, -0.25) is 4.57 Å². The summed E-state index contributed by atoms with van der Waals surface area (Å²) in [5, 5.41) is 1.28. The van der Waals surface area contributed by atoms with Crippen LogP contribution in [0, 0.1) is 25.3 Å². The zero-order chi connectivity index (χ0) is 76.0. The number of aryl methyl sites for hydroxylation is 1. The molecule has 0 aliphatic heterocycles. The number of hydrogen-bond donors (Lipinski definition) is 0. The minimum absolute atomic E-state index is 0. The van der Waals surface area contributed by atoms with Crippen LogP contribution in [0.25, 0.3) is 83.4 Å². The van der Waals surface area contributed by atoms with Crippen molar-refractivity contribution in [3.63, 3.8) is 0 Å². The van der Waals surface area contributed by atoms with Gasteiger partial charge in [-0.2, -0.15) is 18.2 Å². The molecule has 0 amide bonds. The second-order valence-electron chi connectivity index (χ2n) is 18.2. The van der Waals surface area contributed by atoms with Gasteiger partial charge in [-0.1, -0.05) is 187 Å². The number of benzene rings is 8. The summed E-state index contributed by atoms with van der Waals surface area (Å²) in [4.78, 5) is 4.64. The zero-order valence-corrected chi connectivity index (χ0v) is 41.2. The molecule has 1 aliphatic carbocycles. The molecule has 0 unspecified atom stereocenters. The predicted octanol–water partition coefficient (Wildman–Crippen LogP) is 16.5. The Bertz CT molecular complexity index is 5350. The minimum Gasteiger partial charge on any atom is -0.510 e. The molecule has 0 radical (unpaired) electrons. The molecule has 0 fully saturated rings. The van der Waals surface area contributed by atoms with Crippen molar-refractivity contribution >= 4 is 32.8 Å². The van der Waals surface area contributed by atoms with Crippen molar-refractivity contribution in [3.05, 3.63) is 223 Å². The number of rotatable bonds is 8. The van der Waals surface area contributed by atoms with Gasteiger partial charge in [0.05, 0.1) is 33.2 Å². The fourth-order valence-electron chi connectivity index (χ4n) is 8.93. The molecule has 0 spiro atoms. The largest absolute Gasteiger partial charge is 0.510 e. The summed E-state index contributed by atoms with van der Waals surface area (Å²) in [7, 11) is 0. The first kappa shape index (κ1) is 24.1. The van der Waals surface area contributed by atoms with Crippen LogP contribution in [-0.4, -0.2) is 14.1 Å². The number of ether oxygens (including phenoxy) is 1. The molecular weight excluding hydrogens is 1070 g/mol. The number of fused-ring (bicyclic) bond motifs is 5. The van der Waals surface area contributed by atoms with Gasteiger partial charge in [0.15, 0.2) is 0 Å². The van der Waals surface area contributed by atoms with Crippen LogP contribution in [0.2, 0.25) is 0 Å². The number of hydrogen-bond acceptors (Lipinski definition) is 2. The summed E-state index contributed by atoms with van der Waals surface area (Å²) < 4.78 is 291. The van der Waals surface area contributed by atoms with Gasteiger partial charge in [-0.25, -0.2) is 4.98 Å². The van der Waals surface area contributed by atoms with E-state index in [2.05, 4.69) is 23.4 Å². The number of imidazole rings is 1. The van der Waals surface area contributed by atoms with Crippen molar-refractivity contribution in [2.45, 2.75) is 84.0 Å². The van der Waals surface area contributed by atoms with E-state index < -0.39 is 158 Å². The van der Waals surface area contributed by atoms with Crippen molar-refractivity contribution in [2.24, 2.45) is 0 Å². The third-order valence-electron chi connectivity index (χ3n) is 12.4. The van der Waals surface area contributed by atoms with Crippen LogP contribution in [0.4, 0.5) is 0 Å². The molecule has 8 aromatic carbocycles. The molecule has 12 rings (SSSR count). The monoisotopic (exact) mass is 1160 g/mol. The summed E-state index contributed by atoms with van der Waals surface area (Å²) in [5.74, 6) is 0.148. The third kappa shape index (κ3) is 8.52. The molecule has 5 nitrogen and oxygen atoms in total. The van der Waals surface area contributed by atoms with E-state index in [0.29, 0.717) is 21.8 Å². The van der Waals surface area contributed by atoms with Gasteiger partial charge in [0.1, 0.15) is 5.82 Å². The number of pyridine rings is 1. The van der Waals surface area contributed by atoms with E-state index in [9.17, 15) is 13.7 Å². The maximum Gasteiger partial charge on any atom is 0.268 e. The van der Waals surface area contributed by atoms with Gasteiger partial charge in [0.25, 0.3) is 6.33 Å². The van der Waals surface area contributed by atoms with Crippen molar-refractivity contribution in [1.29, 1.82) is 0 Å². The Morgan fingerprint density at radius 1 is 0.671 bits per heavy atom. The summed E-state index contributed by atoms with van der Waals surface area (Å²) in [6, 6.07) is 23.0. The molecule has 0 N–H and O–H groups in total. The van der Waals surface area contributed by atoms with Crippen molar-refractivity contribution in [3.8, 4) is 62.1 Å². The fourth-order valence-corrected chi connectivity index (χ4v) is 8.93. The second kappa shape index (κ2) is 18.3. The molecule has 3 heterocycles. The normalized spacial score (nSPS) is 22.4. The standard InChI is InChI=1S/C67H58N4O.Pt/c1-44-37-63(68-42-56(44)45-19-10-9-11-20-45)71-59-28-13-12-25-54(59)55-33-32-51(41-62(55)71)72-50-24-17-23-49(40-50)69-43-70(61-30-15-14-29-60(61)69)64-52(46-21-16-22-48(38-46)65(2,3)4)26-18-27-53(64)47-31-34-57-58(39-47)67(7,8)36-35-66(57,5)6;/h9-34,37-39,42H,35-36H2,1-8H3;/q-2;/i1D3,5D3,6D3,7D3,8D3,9D,10D,11D,16D,19D,20D,21D,22D,31D,34D,35D2,36D2,38D,39D;. The van der Waals surface area contributed by atoms with E-state index in [0.717, 1.165) is 6.20 Å². The molecule has 11 aromatic rings. The summed E-state index contributed by atoms with van der Waals surface area (Å²) in [6.07, 6.45) is -4.89. The average molecular weight is 1160 g/mol. The number of aromatic nitrogens is 4. The molecule has 0 saturated heterocycles. The first-order valence-corrected chi connectivity index (χ1v) is 22.6. The van der Waals surface area contributed by atoms with Gasteiger partial charge in [0, 0.05) is 75.9 Å². The molecule has 1 aliphatic rings. The topological polar surface area (TPSA) is 35.9 Å². The van der Waals surface area contributed by atoms with Crippen LogP contribution in [0.5, 0.6) is 11.5 Å². The molecule has 0 atom stereocenters. The minimum atomic E-state index is -4.65. The molecule has 6 heteroatoms. The smallest absolute Gasteiger partial charge is 0.268 e. The van der Waals surface area contributed by atoms with Crippen LogP contribution in [0.15, 0.2) is 182 Å². The van der Waals surface area contributed by atoms with Gasteiger partial charge >= 0.3 is 0 Å². The van der Waals surface area contributed by atoms with Crippen LogP contribution in [0.1, 0.15) is 126 Å². The van der Waals surface area contributed by atoms with Crippen molar-refractivity contribution in [2.75, 3.05) is 0 Å². The molecule has 3 aromatic heterocycles. The van der Waals surface area contributed by atoms with E-state index in [-0.39, 0.29) is 94.2 Å². The van der Waals surface area contributed by atoms with E-state index in [4.69, 9.17) is 33.5 Å². The van der Waals surface area contributed by atoms with E-state index in [1.165, 1.54) is 33.4 Å². The second-order valence-corrected chi connectivity index (χ2v) is 18.2. The molecule has 0 bridgehead atoms. The molecule has 0 saturated carbocycles. The Balaban J connectivity index is 0.0000108. The first-order valence-electron chi connectivity index (χ1n) is 38.1. The zero-order valence-electron chi connectivity index (χ0n) is 69.9. The Morgan fingerprint density at radius 3 is 2.16 bits per heavy atom. The van der Waals surface area contributed by atoms with Crippen LogP contribution in [0.3, 0.4) is 0 Å². The quantitative estimate of drug-likeness (QED) is 0.112. The summed E-state index contributed by atoms with van der Waals surface area (Å²) in [6.45, 7) is -15.4. The van der Waals surface area contributed by atoms with Gasteiger partial charge < -0.3 is 13.9 Å². The van der Waals surface area contributed by atoms with Crippen molar-refractivity contribution in [1.82, 2.24) is 14.1 Å². The Hall–Kier alpha value is -7.33. The third-order valence-corrected chi connectivity index (χ3v) is 12.4. The predicted molar refractivity (Wildman–Crippen MR) is 295 cm³/mol. The van der Waals surface area contributed by atoms with E-state index in [1.54, 1.807) is 98.1 Å². The maximum atomic E-state index is 10.3. The number of para-hydroxylation sites is 4. The molecular formula is C67H58N4OPt-2. The van der Waals surface area contributed by atoms with Gasteiger partial charge in [-0.15, -0.1) is 29.7 Å².